The molecule has 0 aromatic heterocycles. The van der Waals surface area contributed by atoms with Crippen LogP contribution in [0.4, 0.5) is 0 Å². The molecule has 0 heterocycles. The zero-order valence-electron chi connectivity index (χ0n) is 8.60. The standard InChI is InChI=1S/C9H16N2O2S/c1-4-6-11(7-5-2)14(12,13)9(3)8-10/h4,9H,1,5-7H2,2-3H3. The molecule has 80 valence electrons. The highest BCUT2D eigenvalue weighted by atomic mass is 32.2. The maximum absolute atomic E-state index is 11.7. The predicted octanol–water partition coefficient (Wildman–Crippen LogP) is 1.13. The summed E-state index contributed by atoms with van der Waals surface area (Å²) in [4.78, 5) is 0. The Morgan fingerprint density at radius 3 is 2.57 bits per heavy atom. The number of nitrogens with zero attached hydrogens (tertiary/aromatic N) is 2. The van der Waals surface area contributed by atoms with Gasteiger partial charge in [0.25, 0.3) is 0 Å². The van der Waals surface area contributed by atoms with Gasteiger partial charge >= 0.3 is 0 Å². The fraction of sp³-hybridized carbons (Fsp3) is 0.667. The Morgan fingerprint density at radius 1 is 1.64 bits per heavy atom. The van der Waals surface area contributed by atoms with Gasteiger partial charge in [0.15, 0.2) is 5.25 Å². The van der Waals surface area contributed by atoms with Crippen molar-refractivity contribution in [3.63, 3.8) is 0 Å². The maximum Gasteiger partial charge on any atom is 0.230 e. The fourth-order valence-electron chi connectivity index (χ4n) is 1.01. The van der Waals surface area contributed by atoms with Crippen LogP contribution in [-0.2, 0) is 10.0 Å². The van der Waals surface area contributed by atoms with Crippen molar-refractivity contribution in [3.8, 4) is 6.07 Å². The summed E-state index contributed by atoms with van der Waals surface area (Å²) in [7, 11) is -3.47. The first-order chi connectivity index (χ1) is 6.50. The summed E-state index contributed by atoms with van der Waals surface area (Å²) in [6, 6.07) is 1.74. The van der Waals surface area contributed by atoms with E-state index in [1.54, 1.807) is 6.07 Å². The molecule has 0 N–H and O–H groups in total. The molecule has 0 aliphatic carbocycles. The highest BCUT2D eigenvalue weighted by Crippen LogP contribution is 2.08. The highest BCUT2D eigenvalue weighted by Gasteiger charge is 2.26. The van der Waals surface area contributed by atoms with Gasteiger partial charge in [-0.05, 0) is 13.3 Å². The van der Waals surface area contributed by atoms with Crippen LogP contribution in [0.15, 0.2) is 12.7 Å². The van der Waals surface area contributed by atoms with Crippen LogP contribution >= 0.6 is 0 Å². The summed E-state index contributed by atoms with van der Waals surface area (Å²) in [5.74, 6) is 0. The van der Waals surface area contributed by atoms with Gasteiger partial charge in [-0.25, -0.2) is 8.42 Å². The average Bonchev–Trinajstić information content (AvgIpc) is 2.16. The van der Waals surface area contributed by atoms with E-state index >= 15 is 0 Å². The van der Waals surface area contributed by atoms with Crippen LogP contribution in [0.2, 0.25) is 0 Å². The number of sulfonamides is 1. The molecule has 0 saturated heterocycles. The molecule has 1 atom stereocenters. The van der Waals surface area contributed by atoms with Crippen LogP contribution in [-0.4, -0.2) is 31.1 Å². The minimum absolute atomic E-state index is 0.266. The van der Waals surface area contributed by atoms with Crippen molar-refractivity contribution in [1.82, 2.24) is 4.31 Å². The summed E-state index contributed by atoms with van der Waals surface area (Å²) in [6.45, 7) is 7.47. The molecule has 4 nitrogen and oxygen atoms in total. The number of rotatable bonds is 6. The topological polar surface area (TPSA) is 61.2 Å². The van der Waals surface area contributed by atoms with Gasteiger partial charge in [0.1, 0.15) is 0 Å². The summed E-state index contributed by atoms with van der Waals surface area (Å²) in [5, 5.41) is 7.58. The molecule has 0 aromatic carbocycles. The molecule has 0 bridgehead atoms. The second kappa shape index (κ2) is 5.78. The Hall–Kier alpha value is -0.860. The maximum atomic E-state index is 11.7. The molecule has 0 spiro atoms. The van der Waals surface area contributed by atoms with Gasteiger partial charge in [-0.3, -0.25) is 0 Å². The van der Waals surface area contributed by atoms with Gasteiger partial charge in [0.2, 0.25) is 10.0 Å². The molecule has 5 heteroatoms. The Kier molecular flexibility index (Phi) is 5.43. The van der Waals surface area contributed by atoms with E-state index in [-0.39, 0.29) is 6.54 Å². The highest BCUT2D eigenvalue weighted by molar-refractivity contribution is 7.89. The van der Waals surface area contributed by atoms with Crippen molar-refractivity contribution in [2.24, 2.45) is 0 Å². The Balaban J connectivity index is 4.81. The van der Waals surface area contributed by atoms with Crippen molar-refractivity contribution < 1.29 is 8.42 Å². The Labute approximate surface area is 85.9 Å². The van der Waals surface area contributed by atoms with E-state index in [0.717, 1.165) is 6.42 Å². The van der Waals surface area contributed by atoms with Crippen LogP contribution in [0, 0.1) is 11.3 Å². The summed E-state index contributed by atoms with van der Waals surface area (Å²) < 4.78 is 24.7. The fourth-order valence-corrected chi connectivity index (χ4v) is 2.34. The van der Waals surface area contributed by atoms with E-state index in [2.05, 4.69) is 6.58 Å². The summed E-state index contributed by atoms with van der Waals surface area (Å²) >= 11 is 0. The molecule has 0 aliphatic heterocycles. The third-order valence-corrected chi connectivity index (χ3v) is 3.84. The molecule has 0 radical (unpaired) electrons. The van der Waals surface area contributed by atoms with Gasteiger partial charge in [-0.15, -0.1) is 6.58 Å². The first-order valence-electron chi connectivity index (χ1n) is 4.50. The van der Waals surface area contributed by atoms with Crippen molar-refractivity contribution in [1.29, 1.82) is 5.26 Å². The van der Waals surface area contributed by atoms with E-state index in [9.17, 15) is 8.42 Å². The lowest BCUT2D eigenvalue weighted by Crippen LogP contribution is -2.37. The van der Waals surface area contributed by atoms with E-state index in [1.165, 1.54) is 17.3 Å². The molecule has 0 saturated carbocycles. The van der Waals surface area contributed by atoms with Gasteiger partial charge in [-0.2, -0.15) is 9.57 Å². The lowest BCUT2D eigenvalue weighted by atomic mass is 10.5. The smallest absolute Gasteiger partial charge is 0.211 e. The Morgan fingerprint density at radius 2 is 2.21 bits per heavy atom. The number of hydrogen-bond acceptors (Lipinski definition) is 3. The molecular weight excluding hydrogens is 200 g/mol. The molecule has 0 aromatic rings. The molecule has 0 rings (SSSR count). The lowest BCUT2D eigenvalue weighted by molar-refractivity contribution is 0.438. The van der Waals surface area contributed by atoms with Crippen LogP contribution in [0.3, 0.4) is 0 Å². The first kappa shape index (κ1) is 13.1. The molecule has 0 fully saturated rings. The van der Waals surface area contributed by atoms with E-state index in [0.29, 0.717) is 6.54 Å². The average molecular weight is 216 g/mol. The second-order valence-electron chi connectivity index (χ2n) is 2.96. The SMILES string of the molecule is C=CCN(CCC)S(=O)(=O)C(C)C#N. The minimum atomic E-state index is -3.47. The Bertz CT molecular complexity index is 316. The molecule has 14 heavy (non-hydrogen) atoms. The van der Waals surface area contributed by atoms with Gasteiger partial charge in [-0.1, -0.05) is 13.0 Å². The summed E-state index contributed by atoms with van der Waals surface area (Å²) in [6.07, 6.45) is 2.25. The second-order valence-corrected chi connectivity index (χ2v) is 5.22. The van der Waals surface area contributed by atoms with E-state index < -0.39 is 15.3 Å². The molecular formula is C9H16N2O2S. The van der Waals surface area contributed by atoms with Crippen molar-refractivity contribution in [2.75, 3.05) is 13.1 Å². The third-order valence-electron chi connectivity index (χ3n) is 1.79. The largest absolute Gasteiger partial charge is 0.230 e. The number of nitriles is 1. The van der Waals surface area contributed by atoms with Crippen LogP contribution in [0.25, 0.3) is 0 Å². The van der Waals surface area contributed by atoms with Gasteiger partial charge in [0, 0.05) is 13.1 Å². The minimum Gasteiger partial charge on any atom is -0.211 e. The molecule has 0 amide bonds. The van der Waals surface area contributed by atoms with Crippen LogP contribution in [0.5, 0.6) is 0 Å². The quantitative estimate of drug-likeness (QED) is 0.625. The molecule has 1 unspecified atom stereocenters. The third kappa shape index (κ3) is 3.13. The zero-order valence-corrected chi connectivity index (χ0v) is 9.42. The normalized spacial score (nSPS) is 13.6. The number of hydrogen-bond donors (Lipinski definition) is 0. The van der Waals surface area contributed by atoms with Crippen molar-refractivity contribution in [3.05, 3.63) is 12.7 Å². The van der Waals surface area contributed by atoms with Crippen molar-refractivity contribution in [2.45, 2.75) is 25.5 Å². The van der Waals surface area contributed by atoms with Gasteiger partial charge in [0.05, 0.1) is 6.07 Å². The zero-order chi connectivity index (χ0) is 11.2. The van der Waals surface area contributed by atoms with E-state index in [1.807, 2.05) is 6.92 Å². The monoisotopic (exact) mass is 216 g/mol. The first-order valence-corrected chi connectivity index (χ1v) is 6.00. The van der Waals surface area contributed by atoms with Crippen LogP contribution in [0.1, 0.15) is 20.3 Å². The van der Waals surface area contributed by atoms with Crippen molar-refractivity contribution >= 4 is 10.0 Å². The van der Waals surface area contributed by atoms with Crippen LogP contribution < -0.4 is 0 Å². The van der Waals surface area contributed by atoms with E-state index in [4.69, 9.17) is 5.26 Å². The lowest BCUT2D eigenvalue weighted by Gasteiger charge is -2.20. The van der Waals surface area contributed by atoms with Gasteiger partial charge < -0.3 is 0 Å². The summed E-state index contributed by atoms with van der Waals surface area (Å²) in [5.41, 5.74) is 0. The molecule has 0 aliphatic rings. The predicted molar refractivity (Wildman–Crippen MR) is 56.1 cm³/mol.